The van der Waals surface area contributed by atoms with Crippen molar-refractivity contribution in [3.8, 4) is 0 Å². The average Bonchev–Trinajstić information content (AvgIpc) is 3.19. The van der Waals surface area contributed by atoms with Crippen LogP contribution in [-0.4, -0.2) is 59.7 Å². The van der Waals surface area contributed by atoms with Crippen molar-refractivity contribution in [2.24, 2.45) is 17.8 Å². The van der Waals surface area contributed by atoms with Gasteiger partial charge in [0.05, 0.1) is 4.90 Å². The SMILES string of the molecule is O=S(=O)(c1ccccn1)c1cc(Cl)ccc1S(=O)(=O)N1CC2C(CNS(=O)(=O)C(F)(F)F)[C@H]2C1. The van der Waals surface area contributed by atoms with Crippen LogP contribution in [0.5, 0.6) is 0 Å². The molecule has 1 aliphatic carbocycles. The molecule has 0 spiro atoms. The lowest BCUT2D eigenvalue weighted by Crippen LogP contribution is -2.39. The Morgan fingerprint density at radius 2 is 1.65 bits per heavy atom. The van der Waals surface area contributed by atoms with E-state index in [1.807, 2.05) is 0 Å². The number of fused-ring (bicyclic) bond motifs is 1. The molecule has 34 heavy (non-hydrogen) atoms. The van der Waals surface area contributed by atoms with Gasteiger partial charge >= 0.3 is 15.5 Å². The minimum Gasteiger partial charge on any atom is -0.244 e. The topological polar surface area (TPSA) is 131 Å². The van der Waals surface area contributed by atoms with Gasteiger partial charge in [0.1, 0.15) is 4.90 Å². The number of nitrogens with zero attached hydrogens (tertiary/aromatic N) is 2. The summed E-state index contributed by atoms with van der Waals surface area (Å²) in [6, 6.07) is 7.47. The van der Waals surface area contributed by atoms with Gasteiger partial charge < -0.3 is 0 Å². The van der Waals surface area contributed by atoms with E-state index in [0.29, 0.717) is 0 Å². The summed E-state index contributed by atoms with van der Waals surface area (Å²) >= 11 is 5.94. The molecular weight excluding hydrogens is 543 g/mol. The van der Waals surface area contributed by atoms with E-state index in [9.17, 15) is 38.4 Å². The zero-order valence-electron chi connectivity index (χ0n) is 17.0. The molecule has 2 aliphatic rings. The van der Waals surface area contributed by atoms with Crippen LogP contribution < -0.4 is 4.72 Å². The zero-order valence-corrected chi connectivity index (χ0v) is 20.2. The van der Waals surface area contributed by atoms with Gasteiger partial charge in [-0.3, -0.25) is 0 Å². The molecule has 1 N–H and O–H groups in total. The first-order valence-electron chi connectivity index (χ1n) is 9.68. The summed E-state index contributed by atoms with van der Waals surface area (Å²) in [6.45, 7) is -0.639. The standard InChI is InChI=1S/C18H17ClF3N3O6S3/c19-11-4-5-15(16(7-11)32(26,27)17-3-1-2-6-23-17)33(28,29)25-9-13-12(14(13)10-25)8-24-34(30,31)18(20,21)22/h1-7,12-14,24H,8-10H2/t12?,13-,14?/m1/s1. The molecule has 0 amide bonds. The minimum absolute atomic E-state index is 0.00487. The second-order valence-electron chi connectivity index (χ2n) is 7.87. The van der Waals surface area contributed by atoms with Crippen molar-refractivity contribution in [2.75, 3.05) is 19.6 Å². The molecule has 1 aliphatic heterocycles. The van der Waals surface area contributed by atoms with Gasteiger partial charge in [-0.2, -0.15) is 17.5 Å². The maximum Gasteiger partial charge on any atom is 0.511 e. The molecule has 2 aromatic rings. The molecule has 2 unspecified atom stereocenters. The number of piperidine rings is 1. The molecule has 1 saturated heterocycles. The Balaban J connectivity index is 1.55. The van der Waals surface area contributed by atoms with Gasteiger partial charge in [0.15, 0.2) is 5.03 Å². The number of halogens is 4. The van der Waals surface area contributed by atoms with Crippen LogP contribution in [0.3, 0.4) is 0 Å². The Kier molecular flexibility index (Phi) is 6.26. The molecule has 0 bridgehead atoms. The quantitative estimate of drug-likeness (QED) is 0.548. The molecule has 1 aromatic carbocycles. The van der Waals surface area contributed by atoms with Crippen molar-refractivity contribution in [1.82, 2.24) is 14.0 Å². The predicted molar refractivity (Wildman–Crippen MR) is 113 cm³/mol. The smallest absolute Gasteiger partial charge is 0.244 e. The monoisotopic (exact) mass is 559 g/mol. The molecule has 2 heterocycles. The van der Waals surface area contributed by atoms with Gasteiger partial charge in [-0.1, -0.05) is 17.7 Å². The van der Waals surface area contributed by atoms with Crippen LogP contribution in [0.15, 0.2) is 57.4 Å². The summed E-state index contributed by atoms with van der Waals surface area (Å²) in [4.78, 5) is 2.74. The number of hydrogen-bond acceptors (Lipinski definition) is 7. The third kappa shape index (κ3) is 4.44. The fourth-order valence-electron chi connectivity index (χ4n) is 4.06. The second-order valence-corrected chi connectivity index (χ2v) is 13.8. The van der Waals surface area contributed by atoms with Gasteiger partial charge in [0.2, 0.25) is 19.9 Å². The van der Waals surface area contributed by atoms with Crippen molar-refractivity contribution in [3.05, 3.63) is 47.6 Å². The molecule has 186 valence electrons. The average molecular weight is 560 g/mol. The van der Waals surface area contributed by atoms with Crippen LogP contribution in [0, 0.1) is 17.8 Å². The van der Waals surface area contributed by atoms with Crippen molar-refractivity contribution < 1.29 is 38.4 Å². The highest BCUT2D eigenvalue weighted by atomic mass is 35.5. The number of pyridine rings is 1. The lowest BCUT2D eigenvalue weighted by molar-refractivity contribution is -0.0448. The normalized spacial score (nSPS) is 23.6. The fourth-order valence-corrected chi connectivity index (χ4v) is 8.38. The number of benzene rings is 1. The Labute approximate surface area is 199 Å². The molecule has 16 heteroatoms. The van der Waals surface area contributed by atoms with Crippen LogP contribution in [0.2, 0.25) is 5.02 Å². The number of aromatic nitrogens is 1. The number of hydrogen-bond donors (Lipinski definition) is 1. The van der Waals surface area contributed by atoms with Crippen LogP contribution in [0.1, 0.15) is 0 Å². The number of sulfone groups is 1. The molecule has 0 radical (unpaired) electrons. The third-order valence-corrected chi connectivity index (χ3v) is 11.0. The maximum atomic E-state index is 13.3. The summed E-state index contributed by atoms with van der Waals surface area (Å²) < 4.78 is 115. The van der Waals surface area contributed by atoms with Gasteiger partial charge in [-0.15, -0.1) is 0 Å². The lowest BCUT2D eigenvalue weighted by atomic mass is 10.3. The molecule has 9 nitrogen and oxygen atoms in total. The molecule has 3 atom stereocenters. The van der Waals surface area contributed by atoms with Crippen LogP contribution in [0.25, 0.3) is 0 Å². The highest BCUT2D eigenvalue weighted by Gasteiger charge is 2.59. The fraction of sp³-hybridized carbons (Fsp3) is 0.389. The van der Waals surface area contributed by atoms with E-state index in [4.69, 9.17) is 11.6 Å². The number of alkyl halides is 3. The Morgan fingerprint density at radius 3 is 2.21 bits per heavy atom. The van der Waals surface area contributed by atoms with Gasteiger partial charge in [0, 0.05) is 30.9 Å². The minimum atomic E-state index is -5.49. The van der Waals surface area contributed by atoms with Gasteiger partial charge in [-0.25, -0.2) is 35.0 Å². The molecule has 1 aromatic heterocycles. The summed E-state index contributed by atoms with van der Waals surface area (Å²) in [5.41, 5.74) is -5.43. The lowest BCUT2D eigenvalue weighted by Gasteiger charge is -2.21. The summed E-state index contributed by atoms with van der Waals surface area (Å²) in [7, 11) is -14.2. The van der Waals surface area contributed by atoms with Crippen LogP contribution in [-0.2, 0) is 29.9 Å². The van der Waals surface area contributed by atoms with Crippen molar-refractivity contribution in [2.45, 2.75) is 20.3 Å². The van der Waals surface area contributed by atoms with E-state index < -0.39 is 57.6 Å². The first-order valence-corrected chi connectivity index (χ1v) is 14.5. The third-order valence-electron chi connectivity index (χ3n) is 5.88. The highest BCUT2D eigenvalue weighted by Crippen LogP contribution is 2.53. The first kappa shape index (κ1) is 25.3. The van der Waals surface area contributed by atoms with E-state index in [0.717, 1.165) is 16.4 Å². The van der Waals surface area contributed by atoms with Crippen LogP contribution in [0.4, 0.5) is 13.2 Å². The van der Waals surface area contributed by atoms with E-state index >= 15 is 0 Å². The molecule has 1 saturated carbocycles. The van der Waals surface area contributed by atoms with E-state index in [1.165, 1.54) is 35.2 Å². The van der Waals surface area contributed by atoms with Crippen molar-refractivity contribution >= 4 is 41.5 Å². The number of rotatable bonds is 7. The summed E-state index contributed by atoms with van der Waals surface area (Å²) in [6.07, 6.45) is 1.24. The van der Waals surface area contributed by atoms with E-state index in [-0.39, 0.29) is 35.0 Å². The predicted octanol–water partition coefficient (Wildman–Crippen LogP) is 1.87. The van der Waals surface area contributed by atoms with Crippen LogP contribution >= 0.6 is 11.6 Å². The summed E-state index contributed by atoms with van der Waals surface area (Å²) in [5, 5.41) is -0.371. The maximum absolute atomic E-state index is 13.3. The summed E-state index contributed by atoms with van der Waals surface area (Å²) in [5.74, 6) is -1.16. The first-order chi connectivity index (χ1) is 15.7. The van der Waals surface area contributed by atoms with E-state index in [1.54, 1.807) is 0 Å². The van der Waals surface area contributed by atoms with Gasteiger partial charge in [0.25, 0.3) is 0 Å². The Morgan fingerprint density at radius 1 is 1.00 bits per heavy atom. The second kappa shape index (κ2) is 8.41. The number of sulfonamides is 2. The molecule has 4 rings (SSSR count). The van der Waals surface area contributed by atoms with Gasteiger partial charge in [-0.05, 0) is 48.1 Å². The highest BCUT2D eigenvalue weighted by molar-refractivity contribution is 7.93. The molecular formula is C18H17ClF3N3O6S3. The van der Waals surface area contributed by atoms with E-state index in [2.05, 4.69) is 4.98 Å². The Hall–Kier alpha value is -1.78. The Bertz CT molecular complexity index is 1420. The molecule has 2 fully saturated rings. The number of nitrogens with one attached hydrogen (secondary N) is 1. The van der Waals surface area contributed by atoms with Crippen molar-refractivity contribution in [1.29, 1.82) is 0 Å². The zero-order chi connectivity index (χ0) is 25.1. The largest absolute Gasteiger partial charge is 0.511 e. The van der Waals surface area contributed by atoms with Crippen molar-refractivity contribution in [3.63, 3.8) is 0 Å².